The Bertz CT molecular complexity index is 218. The lowest BCUT2D eigenvalue weighted by Gasteiger charge is -2.36. The molecule has 0 aromatic rings. The smallest absolute Gasteiger partial charge is 0.311 e. The van der Waals surface area contributed by atoms with Gasteiger partial charge in [-0.05, 0) is 6.42 Å². The van der Waals surface area contributed by atoms with Crippen molar-refractivity contribution in [3.05, 3.63) is 0 Å². The van der Waals surface area contributed by atoms with Crippen LogP contribution < -0.4 is 0 Å². The van der Waals surface area contributed by atoms with Gasteiger partial charge in [-0.15, -0.1) is 0 Å². The lowest BCUT2D eigenvalue weighted by Crippen LogP contribution is -2.55. The van der Waals surface area contributed by atoms with Gasteiger partial charge in [0.15, 0.2) is 0 Å². The van der Waals surface area contributed by atoms with Gasteiger partial charge in [-0.1, -0.05) is 0 Å². The molecule has 0 amide bonds. The maximum Gasteiger partial charge on any atom is 0.311 e. The molecule has 0 saturated heterocycles. The van der Waals surface area contributed by atoms with Crippen LogP contribution >= 0.6 is 0 Å². The Morgan fingerprint density at radius 3 is 2.21 bits per heavy atom. The van der Waals surface area contributed by atoms with Crippen molar-refractivity contribution in [1.29, 1.82) is 0 Å². The molecule has 0 aliphatic heterocycles. The number of hydrogen-bond donors (Lipinski definition) is 4. The third-order valence-electron chi connectivity index (χ3n) is 2.51. The molecule has 0 heterocycles. The number of carbonyl (C=O) groups excluding carboxylic acids is 1. The van der Waals surface area contributed by atoms with Gasteiger partial charge in [0, 0.05) is 0 Å². The number of carbonyl (C=O) groups is 1. The van der Waals surface area contributed by atoms with Crippen LogP contribution in [0.5, 0.6) is 0 Å². The molecular formula is C8H14O6. The molecule has 1 aliphatic rings. The van der Waals surface area contributed by atoms with E-state index in [2.05, 4.69) is 4.74 Å². The summed E-state index contributed by atoms with van der Waals surface area (Å²) in [5, 5.41) is 37.1. The molecule has 1 fully saturated rings. The van der Waals surface area contributed by atoms with Gasteiger partial charge in [0.25, 0.3) is 0 Å². The van der Waals surface area contributed by atoms with E-state index in [1.165, 1.54) is 0 Å². The molecule has 82 valence electrons. The van der Waals surface area contributed by atoms with E-state index in [-0.39, 0.29) is 6.42 Å². The van der Waals surface area contributed by atoms with Gasteiger partial charge in [0.05, 0.1) is 25.2 Å². The van der Waals surface area contributed by atoms with Gasteiger partial charge in [-0.25, -0.2) is 0 Å². The summed E-state index contributed by atoms with van der Waals surface area (Å²) < 4.78 is 4.39. The lowest BCUT2D eigenvalue weighted by atomic mass is 9.81. The van der Waals surface area contributed by atoms with Crippen molar-refractivity contribution in [3.63, 3.8) is 0 Å². The first-order valence-electron chi connectivity index (χ1n) is 4.29. The van der Waals surface area contributed by atoms with E-state index in [0.29, 0.717) is 0 Å². The van der Waals surface area contributed by atoms with Crippen LogP contribution in [-0.4, -0.2) is 57.9 Å². The molecule has 1 aliphatic carbocycles. The molecule has 0 spiro atoms. The highest BCUT2D eigenvalue weighted by Crippen LogP contribution is 2.26. The highest BCUT2D eigenvalue weighted by atomic mass is 16.5. The van der Waals surface area contributed by atoms with Crippen molar-refractivity contribution in [2.75, 3.05) is 7.11 Å². The van der Waals surface area contributed by atoms with Crippen LogP contribution in [0.15, 0.2) is 0 Å². The first-order chi connectivity index (χ1) is 6.49. The van der Waals surface area contributed by atoms with Crippen LogP contribution in [0.2, 0.25) is 0 Å². The molecule has 6 heteroatoms. The predicted molar refractivity (Wildman–Crippen MR) is 44.2 cm³/mol. The summed E-state index contributed by atoms with van der Waals surface area (Å²) in [6.45, 7) is 0. The van der Waals surface area contributed by atoms with Crippen LogP contribution in [0, 0.1) is 5.92 Å². The Labute approximate surface area is 80.7 Å². The molecule has 6 nitrogen and oxygen atoms in total. The number of methoxy groups -OCH3 is 1. The number of aliphatic hydroxyl groups excluding tert-OH is 4. The zero-order valence-corrected chi connectivity index (χ0v) is 7.70. The molecule has 0 aromatic heterocycles. The Balaban J connectivity index is 2.75. The minimum absolute atomic E-state index is 0.119. The van der Waals surface area contributed by atoms with E-state index in [1.807, 2.05) is 0 Å². The third kappa shape index (κ3) is 1.88. The summed E-state index contributed by atoms with van der Waals surface area (Å²) in [7, 11) is 1.15. The molecule has 1 rings (SSSR count). The molecule has 1 saturated carbocycles. The molecule has 0 radical (unpaired) electrons. The van der Waals surface area contributed by atoms with E-state index in [4.69, 9.17) is 0 Å². The number of esters is 1. The molecule has 4 N–H and O–H groups in total. The van der Waals surface area contributed by atoms with Crippen LogP contribution in [0.25, 0.3) is 0 Å². The zero-order valence-electron chi connectivity index (χ0n) is 7.70. The monoisotopic (exact) mass is 206 g/mol. The van der Waals surface area contributed by atoms with Crippen LogP contribution in [-0.2, 0) is 9.53 Å². The highest BCUT2D eigenvalue weighted by molar-refractivity contribution is 5.73. The molecule has 14 heavy (non-hydrogen) atoms. The predicted octanol–water partition coefficient (Wildman–Crippen LogP) is -2.38. The second-order valence-electron chi connectivity index (χ2n) is 3.40. The number of rotatable bonds is 1. The van der Waals surface area contributed by atoms with E-state index >= 15 is 0 Å². The second kappa shape index (κ2) is 4.22. The largest absolute Gasteiger partial charge is 0.469 e. The Kier molecular flexibility index (Phi) is 3.43. The Morgan fingerprint density at radius 2 is 1.71 bits per heavy atom. The summed E-state index contributed by atoms with van der Waals surface area (Å²) in [6.07, 6.45) is -5.70. The van der Waals surface area contributed by atoms with Crippen molar-refractivity contribution in [2.45, 2.75) is 30.8 Å². The quantitative estimate of drug-likeness (QED) is 0.357. The first-order valence-corrected chi connectivity index (χ1v) is 4.29. The summed E-state index contributed by atoms with van der Waals surface area (Å²) in [6, 6.07) is 0. The minimum Gasteiger partial charge on any atom is -0.469 e. The minimum atomic E-state index is -1.53. The van der Waals surface area contributed by atoms with E-state index < -0.39 is 36.3 Å². The fraction of sp³-hybridized carbons (Fsp3) is 0.875. The first kappa shape index (κ1) is 11.4. The molecule has 5 atom stereocenters. The normalized spacial score (nSPS) is 43.4. The molecule has 0 aromatic carbocycles. The topological polar surface area (TPSA) is 107 Å². The molecular weight excluding hydrogens is 192 g/mol. The SMILES string of the molecule is COC(=O)C1CC(O)C(O)[C@@H](O)[C@H]1O. The second-order valence-corrected chi connectivity index (χ2v) is 3.40. The van der Waals surface area contributed by atoms with Gasteiger partial charge >= 0.3 is 5.97 Å². The van der Waals surface area contributed by atoms with Gasteiger partial charge in [0.1, 0.15) is 12.2 Å². The van der Waals surface area contributed by atoms with Gasteiger partial charge in [0.2, 0.25) is 0 Å². The van der Waals surface area contributed by atoms with Crippen LogP contribution in [0.4, 0.5) is 0 Å². The maximum atomic E-state index is 11.1. The average molecular weight is 206 g/mol. The van der Waals surface area contributed by atoms with Crippen molar-refractivity contribution in [2.24, 2.45) is 5.92 Å². The number of aliphatic hydroxyl groups is 4. The molecule has 3 unspecified atom stereocenters. The highest BCUT2D eigenvalue weighted by Gasteiger charge is 2.45. The van der Waals surface area contributed by atoms with Crippen LogP contribution in [0.3, 0.4) is 0 Å². The van der Waals surface area contributed by atoms with Crippen molar-refractivity contribution in [3.8, 4) is 0 Å². The lowest BCUT2D eigenvalue weighted by molar-refractivity contribution is -0.180. The summed E-state index contributed by atoms with van der Waals surface area (Å²) in [4.78, 5) is 11.1. The summed E-state index contributed by atoms with van der Waals surface area (Å²) >= 11 is 0. The standard InChI is InChI=1S/C8H14O6/c1-14-8(13)3-2-4(9)6(11)7(12)5(3)10/h3-7,9-12H,2H2,1H3/t3?,4?,5-,6?,7-/m0/s1. The Morgan fingerprint density at radius 1 is 1.14 bits per heavy atom. The van der Waals surface area contributed by atoms with E-state index in [9.17, 15) is 25.2 Å². The third-order valence-corrected chi connectivity index (χ3v) is 2.51. The maximum absolute atomic E-state index is 11.1. The van der Waals surface area contributed by atoms with E-state index in [0.717, 1.165) is 7.11 Å². The van der Waals surface area contributed by atoms with Crippen LogP contribution in [0.1, 0.15) is 6.42 Å². The summed E-state index contributed by atoms with van der Waals surface area (Å²) in [5.74, 6) is -1.70. The fourth-order valence-electron chi connectivity index (χ4n) is 1.59. The average Bonchev–Trinajstić information content (AvgIpc) is 2.19. The van der Waals surface area contributed by atoms with Gasteiger partial charge in [-0.2, -0.15) is 0 Å². The van der Waals surface area contributed by atoms with Crippen molar-refractivity contribution in [1.82, 2.24) is 0 Å². The summed E-state index contributed by atoms with van der Waals surface area (Å²) in [5.41, 5.74) is 0. The van der Waals surface area contributed by atoms with Gasteiger partial charge in [-0.3, -0.25) is 4.79 Å². The van der Waals surface area contributed by atoms with E-state index in [1.54, 1.807) is 0 Å². The number of ether oxygens (including phenoxy) is 1. The van der Waals surface area contributed by atoms with Crippen molar-refractivity contribution >= 4 is 5.97 Å². The van der Waals surface area contributed by atoms with Crippen molar-refractivity contribution < 1.29 is 30.0 Å². The number of hydrogen-bond acceptors (Lipinski definition) is 6. The Hall–Kier alpha value is -0.690. The zero-order chi connectivity index (χ0) is 10.9. The van der Waals surface area contributed by atoms with Gasteiger partial charge < -0.3 is 25.2 Å². The molecule has 0 bridgehead atoms. The fourth-order valence-corrected chi connectivity index (χ4v) is 1.59.